The molecule has 0 atom stereocenters. The number of amides is 3. The average Bonchev–Trinajstić information content (AvgIpc) is 3.09. The van der Waals surface area contributed by atoms with Gasteiger partial charge < -0.3 is 20.7 Å². The smallest absolute Gasteiger partial charge is 0.272 e. The number of hydrogen-bond donors (Lipinski definition) is 3. The van der Waals surface area contributed by atoms with Gasteiger partial charge in [-0.3, -0.25) is 14.4 Å². The maximum absolute atomic E-state index is 13.4. The highest BCUT2D eigenvalue weighted by Crippen LogP contribution is 2.24. The van der Waals surface area contributed by atoms with Gasteiger partial charge in [-0.25, -0.2) is 0 Å². The van der Waals surface area contributed by atoms with Crippen LogP contribution in [0.2, 0.25) is 0 Å². The molecule has 0 fully saturated rings. The molecule has 7 nitrogen and oxygen atoms in total. The van der Waals surface area contributed by atoms with E-state index in [2.05, 4.69) is 29.8 Å². The molecule has 0 saturated heterocycles. The molecular weight excluding hydrogens is 607 g/mol. The Morgan fingerprint density at radius 3 is 1.89 bits per heavy atom. The second-order valence-corrected chi connectivity index (χ2v) is 12.0. The highest BCUT2D eigenvalue weighted by Gasteiger charge is 2.15. The van der Waals surface area contributed by atoms with Gasteiger partial charge in [0.15, 0.2) is 0 Å². The van der Waals surface area contributed by atoms with Gasteiger partial charge >= 0.3 is 0 Å². The average molecular weight is 642 g/mol. The number of para-hydroxylation sites is 1. The molecule has 3 N–H and O–H groups in total. The third kappa shape index (κ3) is 9.94. The Kier molecular flexibility index (Phi) is 11.2. The first-order chi connectivity index (χ1) is 22.8. The Balaban J connectivity index is 1.17. The fraction of sp³-hybridized carbons (Fsp3) is 0.103. The van der Waals surface area contributed by atoms with E-state index in [-0.39, 0.29) is 23.3 Å². The maximum Gasteiger partial charge on any atom is 0.272 e. The molecule has 0 aliphatic heterocycles. The lowest BCUT2D eigenvalue weighted by molar-refractivity contribution is -0.114. The summed E-state index contributed by atoms with van der Waals surface area (Å²) in [5.41, 5.74) is 3.76. The van der Waals surface area contributed by atoms with Gasteiger partial charge in [-0.2, -0.15) is 0 Å². The van der Waals surface area contributed by atoms with Crippen LogP contribution in [-0.2, 0) is 9.59 Å². The minimum absolute atomic E-state index is 0.117. The SMILES string of the molecule is CC(C)c1ccc(/C=C(\NC(=O)c2ccccc2)C(=O)Nc2ccc(SCC(=O)Nc3ccc(Oc4ccccc4)cc3)cc2)cc1. The molecule has 0 saturated carbocycles. The van der Waals surface area contributed by atoms with Crippen molar-refractivity contribution in [1.29, 1.82) is 0 Å². The van der Waals surface area contributed by atoms with Crippen molar-refractivity contribution >= 4 is 46.9 Å². The zero-order chi connectivity index (χ0) is 33.0. The summed E-state index contributed by atoms with van der Waals surface area (Å²) in [7, 11) is 0. The predicted molar refractivity (Wildman–Crippen MR) is 190 cm³/mol. The van der Waals surface area contributed by atoms with E-state index in [4.69, 9.17) is 4.74 Å². The Labute approximate surface area is 279 Å². The second kappa shape index (κ2) is 16.1. The summed E-state index contributed by atoms with van der Waals surface area (Å²) in [6.07, 6.45) is 1.66. The molecule has 0 aliphatic carbocycles. The van der Waals surface area contributed by atoms with E-state index in [0.29, 0.717) is 28.6 Å². The minimum Gasteiger partial charge on any atom is -0.457 e. The number of rotatable bonds is 12. The van der Waals surface area contributed by atoms with Gasteiger partial charge in [0.2, 0.25) is 5.91 Å². The minimum atomic E-state index is -0.456. The molecule has 0 aliphatic rings. The van der Waals surface area contributed by atoms with Gasteiger partial charge in [-0.15, -0.1) is 11.8 Å². The van der Waals surface area contributed by atoms with Crippen LogP contribution < -0.4 is 20.7 Å². The molecule has 236 valence electrons. The van der Waals surface area contributed by atoms with Gasteiger partial charge in [-0.05, 0) is 95.9 Å². The topological polar surface area (TPSA) is 96.5 Å². The third-order valence-electron chi connectivity index (χ3n) is 7.04. The molecule has 0 unspecified atom stereocenters. The summed E-state index contributed by atoms with van der Waals surface area (Å²) in [5.74, 6) is 1.02. The number of carbonyl (C=O) groups excluding carboxylic acids is 3. The van der Waals surface area contributed by atoms with Crippen LogP contribution in [0.5, 0.6) is 11.5 Å². The lowest BCUT2D eigenvalue weighted by atomic mass is 10.0. The van der Waals surface area contributed by atoms with E-state index in [9.17, 15) is 14.4 Å². The Morgan fingerprint density at radius 1 is 0.681 bits per heavy atom. The van der Waals surface area contributed by atoms with Gasteiger partial charge in [0.25, 0.3) is 11.8 Å². The van der Waals surface area contributed by atoms with Crippen LogP contribution in [0, 0.1) is 0 Å². The molecule has 0 aromatic heterocycles. The monoisotopic (exact) mass is 641 g/mol. The van der Waals surface area contributed by atoms with Crippen molar-refractivity contribution in [3.8, 4) is 11.5 Å². The number of carbonyl (C=O) groups is 3. The first-order valence-electron chi connectivity index (χ1n) is 15.2. The van der Waals surface area contributed by atoms with Crippen molar-refractivity contribution in [2.45, 2.75) is 24.7 Å². The quantitative estimate of drug-likeness (QED) is 0.0935. The van der Waals surface area contributed by atoms with Crippen LogP contribution in [0.25, 0.3) is 6.08 Å². The number of benzene rings is 5. The van der Waals surface area contributed by atoms with Crippen molar-refractivity contribution < 1.29 is 19.1 Å². The summed E-state index contributed by atoms with van der Waals surface area (Å²) in [6, 6.07) is 40.5. The Morgan fingerprint density at radius 2 is 1.26 bits per heavy atom. The largest absolute Gasteiger partial charge is 0.457 e. The van der Waals surface area contributed by atoms with Crippen LogP contribution in [0.3, 0.4) is 0 Å². The first-order valence-corrected chi connectivity index (χ1v) is 16.2. The molecular formula is C39H35N3O4S. The summed E-state index contributed by atoms with van der Waals surface area (Å²) < 4.78 is 5.80. The number of hydrogen-bond acceptors (Lipinski definition) is 5. The molecule has 5 aromatic carbocycles. The second-order valence-electron chi connectivity index (χ2n) is 11.0. The summed E-state index contributed by atoms with van der Waals surface area (Å²) in [6.45, 7) is 4.23. The standard InChI is InChI=1S/C39H35N3O4S/c1-27(2)29-15-13-28(14-16-29)25-36(42-38(44)30-9-5-3-6-10-30)39(45)41-32-19-23-35(24-20-32)47-26-37(43)40-31-17-21-34(22-18-31)46-33-11-7-4-8-12-33/h3-25,27H,26H2,1-2H3,(H,40,43)(H,41,45)(H,42,44)/b36-25-. The highest BCUT2D eigenvalue weighted by molar-refractivity contribution is 8.00. The summed E-state index contributed by atoms with van der Waals surface area (Å²) in [5, 5.41) is 8.54. The van der Waals surface area contributed by atoms with E-state index in [1.54, 1.807) is 66.7 Å². The van der Waals surface area contributed by atoms with E-state index >= 15 is 0 Å². The molecule has 5 rings (SSSR count). The van der Waals surface area contributed by atoms with Gasteiger partial charge in [-0.1, -0.05) is 74.5 Å². The van der Waals surface area contributed by atoms with Crippen LogP contribution in [0.1, 0.15) is 41.3 Å². The highest BCUT2D eigenvalue weighted by atomic mass is 32.2. The van der Waals surface area contributed by atoms with Crippen molar-refractivity contribution in [3.05, 3.63) is 156 Å². The van der Waals surface area contributed by atoms with E-state index in [1.807, 2.05) is 72.8 Å². The van der Waals surface area contributed by atoms with E-state index in [1.165, 1.54) is 17.3 Å². The first kappa shape index (κ1) is 32.8. The van der Waals surface area contributed by atoms with Crippen LogP contribution in [0.15, 0.2) is 144 Å². The van der Waals surface area contributed by atoms with Crippen molar-refractivity contribution in [2.75, 3.05) is 16.4 Å². The molecule has 5 aromatic rings. The number of thioether (sulfide) groups is 1. The molecule has 0 heterocycles. The van der Waals surface area contributed by atoms with Gasteiger partial charge in [0.1, 0.15) is 17.2 Å². The van der Waals surface area contributed by atoms with Crippen molar-refractivity contribution in [2.24, 2.45) is 0 Å². The molecule has 0 spiro atoms. The van der Waals surface area contributed by atoms with Crippen LogP contribution >= 0.6 is 11.8 Å². The molecule has 8 heteroatoms. The van der Waals surface area contributed by atoms with E-state index in [0.717, 1.165) is 16.2 Å². The fourth-order valence-corrected chi connectivity index (χ4v) is 5.19. The van der Waals surface area contributed by atoms with E-state index < -0.39 is 5.91 Å². The Bertz CT molecular complexity index is 1820. The molecule has 47 heavy (non-hydrogen) atoms. The maximum atomic E-state index is 13.4. The Hall–Kier alpha value is -5.60. The predicted octanol–water partition coefficient (Wildman–Crippen LogP) is 8.74. The molecule has 3 amide bonds. The normalized spacial score (nSPS) is 11.1. The zero-order valence-electron chi connectivity index (χ0n) is 26.1. The number of ether oxygens (including phenoxy) is 1. The molecule has 0 bridgehead atoms. The van der Waals surface area contributed by atoms with Crippen LogP contribution in [0.4, 0.5) is 11.4 Å². The van der Waals surface area contributed by atoms with Gasteiger partial charge in [0, 0.05) is 21.8 Å². The lowest BCUT2D eigenvalue weighted by Crippen LogP contribution is -2.30. The van der Waals surface area contributed by atoms with Crippen LogP contribution in [-0.4, -0.2) is 23.5 Å². The number of anilines is 2. The zero-order valence-corrected chi connectivity index (χ0v) is 26.9. The lowest BCUT2D eigenvalue weighted by Gasteiger charge is -2.12. The third-order valence-corrected chi connectivity index (χ3v) is 8.05. The molecule has 0 radical (unpaired) electrons. The van der Waals surface area contributed by atoms with Crippen molar-refractivity contribution in [3.63, 3.8) is 0 Å². The fourth-order valence-electron chi connectivity index (χ4n) is 4.50. The number of nitrogens with one attached hydrogen (secondary N) is 3. The van der Waals surface area contributed by atoms with Crippen molar-refractivity contribution in [1.82, 2.24) is 5.32 Å². The summed E-state index contributed by atoms with van der Waals surface area (Å²) in [4.78, 5) is 39.8. The van der Waals surface area contributed by atoms with Gasteiger partial charge in [0.05, 0.1) is 5.75 Å². The summed E-state index contributed by atoms with van der Waals surface area (Å²) >= 11 is 1.38.